The van der Waals surface area contributed by atoms with Crippen LogP contribution in [0.15, 0.2) is 0 Å². The van der Waals surface area contributed by atoms with E-state index in [1.165, 1.54) is 193 Å². The summed E-state index contributed by atoms with van der Waals surface area (Å²) in [6.45, 7) is 8.39. The van der Waals surface area contributed by atoms with Gasteiger partial charge in [-0.25, -0.2) is 0 Å². The smallest absolute Gasteiger partial charge is 0.305 e. The lowest BCUT2D eigenvalue weighted by molar-refractivity contribution is -0.145. The molecule has 0 aliphatic heterocycles. The van der Waals surface area contributed by atoms with E-state index >= 15 is 0 Å². The molecule has 61 heavy (non-hydrogen) atoms. The quantitative estimate of drug-likeness (QED) is 0.0344. The number of hydrogen-bond donors (Lipinski definition) is 0. The molecule has 0 spiro atoms. The summed E-state index contributed by atoms with van der Waals surface area (Å²) < 4.78 is 16.8. The molecule has 0 heterocycles. The lowest BCUT2D eigenvalue weighted by Gasteiger charge is -2.16. The van der Waals surface area contributed by atoms with Gasteiger partial charge in [-0.2, -0.15) is 0 Å². The Morgan fingerprint density at radius 3 is 0.770 bits per heavy atom. The van der Waals surface area contributed by atoms with Gasteiger partial charge in [-0.3, -0.25) is 14.4 Å². The van der Waals surface area contributed by atoms with E-state index in [9.17, 15) is 14.4 Å². The van der Waals surface area contributed by atoms with Crippen LogP contribution in [0.4, 0.5) is 0 Å². The largest absolute Gasteiger partial charge is 0.466 e. The third kappa shape index (κ3) is 49.3. The second kappa shape index (κ2) is 51.0. The zero-order valence-corrected chi connectivity index (χ0v) is 41.5. The maximum atomic E-state index is 12.7. The van der Waals surface area contributed by atoms with Crippen LogP contribution in [-0.4, -0.2) is 37.7 Å². The van der Waals surface area contributed by atoms with Crippen molar-refractivity contribution in [3.05, 3.63) is 0 Å². The molecule has 0 atom stereocenters. The normalized spacial score (nSPS) is 11.4. The second-order valence-electron chi connectivity index (χ2n) is 18.9. The van der Waals surface area contributed by atoms with Crippen molar-refractivity contribution in [1.29, 1.82) is 0 Å². The molecule has 0 amide bonds. The highest BCUT2D eigenvalue weighted by Crippen LogP contribution is 2.23. The van der Waals surface area contributed by atoms with Crippen LogP contribution < -0.4 is 0 Å². The minimum atomic E-state index is -0.112. The van der Waals surface area contributed by atoms with Gasteiger partial charge in [0.1, 0.15) is 0 Å². The van der Waals surface area contributed by atoms with Gasteiger partial charge in [0.05, 0.1) is 19.8 Å². The summed E-state index contributed by atoms with van der Waals surface area (Å²) in [5.74, 6) is -0.0281. The standard InChI is InChI=1S/C55H106O6/c1-4-7-10-13-16-19-22-25-28-31-34-40-49-59-53(56)44-39-37-38-43-52(45-47-54(57)60-50-41-35-32-29-26-23-20-17-14-11-8-5-2)46-48-55(58)61-51-42-36-33-30-27-24-21-18-15-12-9-6-3/h52H,4-51H2,1-3H3. The van der Waals surface area contributed by atoms with Crippen LogP contribution in [0.2, 0.25) is 0 Å². The lowest BCUT2D eigenvalue weighted by atomic mass is 9.91. The molecule has 0 aliphatic carbocycles. The summed E-state index contributed by atoms with van der Waals surface area (Å²) in [4.78, 5) is 37.7. The van der Waals surface area contributed by atoms with E-state index in [1.807, 2.05) is 0 Å². The predicted octanol–water partition coefficient (Wildman–Crippen LogP) is 17.8. The summed E-state index contributed by atoms with van der Waals surface area (Å²) >= 11 is 0. The number of unbranched alkanes of at least 4 members (excludes halogenated alkanes) is 35. The number of ether oxygens (including phenoxy) is 3. The summed E-state index contributed by atoms with van der Waals surface area (Å²) in [5, 5.41) is 0. The summed E-state index contributed by atoms with van der Waals surface area (Å²) in [7, 11) is 0. The summed E-state index contributed by atoms with van der Waals surface area (Å²) in [6, 6.07) is 0. The topological polar surface area (TPSA) is 78.9 Å². The maximum Gasteiger partial charge on any atom is 0.305 e. The van der Waals surface area contributed by atoms with E-state index in [1.54, 1.807) is 0 Å². The van der Waals surface area contributed by atoms with Gasteiger partial charge >= 0.3 is 17.9 Å². The van der Waals surface area contributed by atoms with Crippen LogP contribution in [-0.2, 0) is 28.6 Å². The summed E-state index contributed by atoms with van der Waals surface area (Å²) in [5.41, 5.74) is 0. The first-order valence-corrected chi connectivity index (χ1v) is 27.5. The number of hydrogen-bond acceptors (Lipinski definition) is 6. The molecule has 0 unspecified atom stereocenters. The number of carbonyl (C=O) groups is 3. The van der Waals surface area contributed by atoms with Crippen LogP contribution in [0, 0.1) is 5.92 Å². The Balaban J connectivity index is 4.27. The average molecular weight is 863 g/mol. The first kappa shape index (κ1) is 59.4. The van der Waals surface area contributed by atoms with E-state index in [2.05, 4.69) is 20.8 Å². The molecule has 362 valence electrons. The van der Waals surface area contributed by atoms with E-state index in [4.69, 9.17) is 14.2 Å². The van der Waals surface area contributed by atoms with Crippen molar-refractivity contribution in [3.8, 4) is 0 Å². The molecule has 0 aromatic rings. The van der Waals surface area contributed by atoms with Gasteiger partial charge in [0.15, 0.2) is 0 Å². The van der Waals surface area contributed by atoms with Crippen molar-refractivity contribution in [1.82, 2.24) is 0 Å². The zero-order valence-electron chi connectivity index (χ0n) is 41.5. The molecule has 0 radical (unpaired) electrons. The van der Waals surface area contributed by atoms with E-state index < -0.39 is 0 Å². The van der Waals surface area contributed by atoms with Gasteiger partial charge in [-0.1, -0.05) is 252 Å². The number of carbonyl (C=O) groups excluding carboxylic acids is 3. The monoisotopic (exact) mass is 863 g/mol. The Bertz CT molecular complexity index is 859. The Kier molecular flexibility index (Phi) is 49.7. The van der Waals surface area contributed by atoms with Crippen LogP contribution in [0.5, 0.6) is 0 Å². The van der Waals surface area contributed by atoms with Crippen LogP contribution >= 0.6 is 0 Å². The number of rotatable bonds is 51. The first-order valence-electron chi connectivity index (χ1n) is 27.5. The summed E-state index contributed by atoms with van der Waals surface area (Å²) in [6.07, 6.45) is 53.1. The van der Waals surface area contributed by atoms with Crippen molar-refractivity contribution in [3.63, 3.8) is 0 Å². The SMILES string of the molecule is CCCCCCCCCCCCCCOC(=O)CCCCCC(CCC(=O)OCCCCCCCCCCCCCC)CCC(=O)OCCCCCCCCCCCCCC. The maximum absolute atomic E-state index is 12.7. The van der Waals surface area contributed by atoms with Crippen LogP contribution in [0.3, 0.4) is 0 Å². The lowest BCUT2D eigenvalue weighted by Crippen LogP contribution is -2.12. The van der Waals surface area contributed by atoms with Crippen LogP contribution in [0.1, 0.15) is 310 Å². The van der Waals surface area contributed by atoms with Gasteiger partial charge in [0.2, 0.25) is 0 Å². The van der Waals surface area contributed by atoms with Crippen molar-refractivity contribution in [2.24, 2.45) is 5.92 Å². The fraction of sp³-hybridized carbons (Fsp3) is 0.945. The molecular weight excluding hydrogens is 757 g/mol. The fourth-order valence-corrected chi connectivity index (χ4v) is 8.56. The number of esters is 3. The van der Waals surface area contributed by atoms with Gasteiger partial charge in [0, 0.05) is 19.3 Å². The van der Waals surface area contributed by atoms with E-state index in [0.717, 1.165) is 77.0 Å². The zero-order chi connectivity index (χ0) is 44.4. The minimum absolute atomic E-state index is 0.0774. The van der Waals surface area contributed by atoms with E-state index in [-0.39, 0.29) is 23.8 Å². The Morgan fingerprint density at radius 2 is 0.492 bits per heavy atom. The van der Waals surface area contributed by atoms with Gasteiger partial charge in [-0.15, -0.1) is 0 Å². The molecule has 0 bridgehead atoms. The Labute approximate surface area is 380 Å². The second-order valence-corrected chi connectivity index (χ2v) is 18.9. The molecule has 0 aromatic carbocycles. The molecule has 6 nitrogen and oxygen atoms in total. The molecule has 0 N–H and O–H groups in total. The molecule has 0 saturated heterocycles. The van der Waals surface area contributed by atoms with Crippen molar-refractivity contribution in [2.45, 2.75) is 310 Å². The third-order valence-electron chi connectivity index (χ3n) is 12.8. The molecule has 6 heteroatoms. The molecule has 0 aliphatic rings. The Morgan fingerprint density at radius 1 is 0.262 bits per heavy atom. The first-order chi connectivity index (χ1) is 30.0. The average Bonchev–Trinajstić information content (AvgIpc) is 3.26. The third-order valence-corrected chi connectivity index (χ3v) is 12.8. The molecule has 0 rings (SSSR count). The molecular formula is C55H106O6. The highest BCUT2D eigenvalue weighted by Gasteiger charge is 2.15. The van der Waals surface area contributed by atoms with E-state index in [0.29, 0.717) is 39.1 Å². The van der Waals surface area contributed by atoms with Crippen molar-refractivity contribution < 1.29 is 28.6 Å². The predicted molar refractivity (Wildman–Crippen MR) is 261 cm³/mol. The van der Waals surface area contributed by atoms with Crippen LogP contribution in [0.25, 0.3) is 0 Å². The molecule has 0 saturated carbocycles. The van der Waals surface area contributed by atoms with Gasteiger partial charge < -0.3 is 14.2 Å². The Hall–Kier alpha value is -1.59. The molecule has 0 aromatic heterocycles. The van der Waals surface area contributed by atoms with Gasteiger partial charge in [-0.05, 0) is 44.4 Å². The highest BCUT2D eigenvalue weighted by atomic mass is 16.5. The van der Waals surface area contributed by atoms with Crippen molar-refractivity contribution >= 4 is 17.9 Å². The minimum Gasteiger partial charge on any atom is -0.466 e. The fourth-order valence-electron chi connectivity index (χ4n) is 8.56. The molecule has 0 fully saturated rings. The van der Waals surface area contributed by atoms with Gasteiger partial charge in [0.25, 0.3) is 0 Å². The highest BCUT2D eigenvalue weighted by molar-refractivity contribution is 5.70. The van der Waals surface area contributed by atoms with Crippen molar-refractivity contribution in [2.75, 3.05) is 19.8 Å².